The van der Waals surface area contributed by atoms with Crippen LogP contribution in [0.5, 0.6) is 11.5 Å². The van der Waals surface area contributed by atoms with Crippen molar-refractivity contribution >= 4 is 77.9 Å². The summed E-state index contributed by atoms with van der Waals surface area (Å²) in [6.45, 7) is 6.21. The number of urea groups is 2. The van der Waals surface area contributed by atoms with Gasteiger partial charge in [-0.25, -0.2) is 9.59 Å². The molecule has 0 saturated carbocycles. The number of carbonyl (C=O) groups is 2. The minimum atomic E-state index is -0.0347. The number of anilines is 4. The Hall–Kier alpha value is -8.78. The molecule has 3 aliphatic rings. The van der Waals surface area contributed by atoms with E-state index < -0.39 is 0 Å². The molecule has 0 spiro atoms. The number of nitrogens with zero attached hydrogens (tertiary/aromatic N) is 4. The van der Waals surface area contributed by atoms with Crippen molar-refractivity contribution in [2.75, 3.05) is 112 Å². The molecule has 3 aliphatic heterocycles. The minimum absolute atomic E-state index is 0.0347. The van der Waals surface area contributed by atoms with Gasteiger partial charge in [0.25, 0.3) is 0 Å². The molecule has 3 heterocycles. The van der Waals surface area contributed by atoms with E-state index in [9.17, 15) is 9.59 Å². The summed E-state index contributed by atoms with van der Waals surface area (Å²) < 4.78 is 38.3. The van der Waals surface area contributed by atoms with Crippen LogP contribution >= 0.6 is 0 Å². The quantitative estimate of drug-likeness (QED) is 0.162. The van der Waals surface area contributed by atoms with Crippen LogP contribution < -0.4 is 29.1 Å². The Labute approximate surface area is 464 Å². The van der Waals surface area contributed by atoms with Gasteiger partial charge >= 0.3 is 12.1 Å². The third-order valence-electron chi connectivity index (χ3n) is 15.4. The zero-order valence-corrected chi connectivity index (χ0v) is 44.4. The average molecular weight is 1060 g/mol. The third-order valence-corrected chi connectivity index (χ3v) is 15.4. The highest BCUT2D eigenvalue weighted by molar-refractivity contribution is 6.15. The Bertz CT molecular complexity index is 3660. The fraction of sp³-hybridized carbons (Fsp3) is 0.206. The molecule has 2 saturated heterocycles. The van der Waals surface area contributed by atoms with Crippen molar-refractivity contribution in [3.63, 3.8) is 0 Å². The molecule has 0 N–H and O–H groups in total. The summed E-state index contributed by atoms with van der Waals surface area (Å²) in [5, 5.41) is 8.17. The fourth-order valence-corrected chi connectivity index (χ4v) is 11.4. The second kappa shape index (κ2) is 22.9. The maximum Gasteiger partial charge on any atom is 0.329 e. The van der Waals surface area contributed by atoms with Crippen molar-refractivity contribution in [3.8, 4) is 44.9 Å². The Morgan fingerprint density at radius 2 is 0.625 bits per heavy atom. The molecule has 80 heavy (non-hydrogen) atoms. The number of para-hydroxylation sites is 2. The lowest BCUT2D eigenvalue weighted by molar-refractivity contribution is -0.00701. The number of hydrogen-bond acceptors (Lipinski definition) is 8. The van der Waals surface area contributed by atoms with Gasteiger partial charge in [0, 0.05) is 71.2 Å². The van der Waals surface area contributed by atoms with Crippen LogP contribution in [-0.2, 0) is 18.9 Å². The monoisotopic (exact) mass is 1060 g/mol. The largest absolute Gasteiger partial charge is 0.490 e. The van der Waals surface area contributed by atoms with Crippen LogP contribution in [0, 0.1) is 0 Å². The molecule has 0 aliphatic carbocycles. The zero-order valence-electron chi connectivity index (χ0n) is 44.4. The smallest absolute Gasteiger partial charge is 0.329 e. The van der Waals surface area contributed by atoms with E-state index in [-0.39, 0.29) is 25.3 Å². The molecular weight excluding hydrogens is 1000 g/mol. The van der Waals surface area contributed by atoms with Gasteiger partial charge in [-0.15, -0.1) is 0 Å². The zero-order chi connectivity index (χ0) is 53.8. The molecule has 10 aromatic carbocycles. The number of benzene rings is 10. The van der Waals surface area contributed by atoms with Gasteiger partial charge in [-0.05, 0) is 127 Å². The second-order valence-corrected chi connectivity index (χ2v) is 20.2. The lowest BCUT2D eigenvalue weighted by atomic mass is 9.86. The highest BCUT2D eigenvalue weighted by Gasteiger charge is 2.33. The predicted octanol–water partition coefficient (Wildman–Crippen LogP) is 14.0. The van der Waals surface area contributed by atoms with Crippen LogP contribution in [0.1, 0.15) is 0 Å². The van der Waals surface area contributed by atoms with Gasteiger partial charge in [0.15, 0.2) is 0 Å². The molecule has 0 radical (unpaired) electrons. The molecular formula is C68H60N4O8. The summed E-state index contributed by atoms with van der Waals surface area (Å²) in [7, 11) is 0. The van der Waals surface area contributed by atoms with Crippen molar-refractivity contribution in [2.45, 2.75) is 0 Å². The van der Waals surface area contributed by atoms with Crippen LogP contribution in [0.25, 0.3) is 76.5 Å². The number of rotatable bonds is 6. The summed E-state index contributed by atoms with van der Waals surface area (Å²) in [4.78, 5) is 35.0. The van der Waals surface area contributed by atoms with Crippen molar-refractivity contribution in [1.82, 2.24) is 0 Å². The van der Waals surface area contributed by atoms with Crippen LogP contribution in [0.15, 0.2) is 194 Å². The van der Waals surface area contributed by atoms with Gasteiger partial charge in [0.2, 0.25) is 0 Å². The van der Waals surface area contributed by atoms with Gasteiger partial charge in [-0.3, -0.25) is 19.6 Å². The van der Waals surface area contributed by atoms with Crippen molar-refractivity contribution in [1.29, 1.82) is 0 Å². The highest BCUT2D eigenvalue weighted by atomic mass is 16.6. The predicted molar refractivity (Wildman–Crippen MR) is 320 cm³/mol. The standard InChI is InChI=1S/C68H60N4O8/c73-67-69(55-13-3-1-4-14-55)27-29-71(67)57-25-23-47-41-53(21-19-49(47)43-57)61-45-51-11-7-9-17-59(51)63-64-60-18-10-8-12-52(60)46-62(66(64)80-40-38-78-36-34-76-32-31-75-33-35-77-37-39-79-65(61)63)54-22-20-50-44-58(26-24-48(50)42-54)72-30-28-70(68(72)74)56-15-5-2-6-16-56/h1-26,41-46H,27-40H2. The topological polar surface area (TPSA) is 102 Å². The van der Waals surface area contributed by atoms with E-state index in [1.165, 1.54) is 0 Å². The van der Waals surface area contributed by atoms with E-state index >= 15 is 0 Å². The van der Waals surface area contributed by atoms with Crippen molar-refractivity contribution in [2.24, 2.45) is 0 Å². The number of fused-ring (bicyclic) bond motifs is 9. The summed E-state index contributed by atoms with van der Waals surface area (Å²) in [5.74, 6) is 1.40. The van der Waals surface area contributed by atoms with Gasteiger partial charge < -0.3 is 28.4 Å². The molecule has 10 aromatic rings. The summed E-state index contributed by atoms with van der Waals surface area (Å²) in [6.07, 6.45) is 0. The molecule has 13 rings (SSSR count). The normalized spacial score (nSPS) is 16.2. The first kappa shape index (κ1) is 50.7. The molecule has 0 unspecified atom stereocenters. The number of hydrogen-bond donors (Lipinski definition) is 0. The van der Waals surface area contributed by atoms with E-state index in [4.69, 9.17) is 28.4 Å². The lowest BCUT2D eigenvalue weighted by Gasteiger charge is -2.25. The van der Waals surface area contributed by atoms with Gasteiger partial charge in [0.05, 0.1) is 52.9 Å². The van der Waals surface area contributed by atoms with Gasteiger partial charge in [-0.1, -0.05) is 121 Å². The summed E-state index contributed by atoms with van der Waals surface area (Å²) in [5.41, 5.74) is 9.07. The minimum Gasteiger partial charge on any atom is -0.490 e. The molecule has 400 valence electrons. The lowest BCUT2D eigenvalue weighted by Crippen LogP contribution is -2.31. The Morgan fingerprint density at radius 1 is 0.287 bits per heavy atom. The van der Waals surface area contributed by atoms with Gasteiger partial charge in [0.1, 0.15) is 24.7 Å². The average Bonchev–Trinajstić information content (AvgIpc) is 4.11. The van der Waals surface area contributed by atoms with Crippen LogP contribution in [0.4, 0.5) is 32.3 Å². The molecule has 0 atom stereocenters. The highest BCUT2D eigenvalue weighted by Crippen LogP contribution is 2.53. The Morgan fingerprint density at radius 3 is 1.04 bits per heavy atom. The molecule has 4 amide bonds. The van der Waals surface area contributed by atoms with E-state index in [0.29, 0.717) is 90.5 Å². The molecule has 12 heteroatoms. The molecule has 12 nitrogen and oxygen atoms in total. The third kappa shape index (κ3) is 10.1. The van der Waals surface area contributed by atoms with Gasteiger partial charge in [-0.2, -0.15) is 0 Å². The summed E-state index contributed by atoms with van der Waals surface area (Å²) >= 11 is 0. The van der Waals surface area contributed by atoms with Crippen LogP contribution in [0.2, 0.25) is 0 Å². The second-order valence-electron chi connectivity index (χ2n) is 20.2. The van der Waals surface area contributed by atoms with E-state index in [1.54, 1.807) is 0 Å². The van der Waals surface area contributed by atoms with E-state index in [1.807, 2.05) is 92.4 Å². The van der Waals surface area contributed by atoms with Crippen LogP contribution in [-0.4, -0.2) is 104 Å². The maximum atomic E-state index is 13.8. The maximum absolute atomic E-state index is 13.8. The first-order valence-electron chi connectivity index (χ1n) is 27.6. The fourth-order valence-electron chi connectivity index (χ4n) is 11.4. The summed E-state index contributed by atoms with van der Waals surface area (Å²) in [6, 6.07) is 66.6. The van der Waals surface area contributed by atoms with Crippen molar-refractivity contribution in [3.05, 3.63) is 194 Å². The molecule has 2 fully saturated rings. The number of amides is 4. The molecule has 0 bridgehead atoms. The van der Waals surface area contributed by atoms with Crippen LogP contribution in [0.3, 0.4) is 0 Å². The first-order valence-corrected chi connectivity index (χ1v) is 27.6. The SMILES string of the molecule is O=C1N(c2ccccc2)CCN1c1ccc2cc(-c3cc4ccccc4c4c3OCCOCCOCCOCCOCCOc3c(-c5ccc6cc(N7CCN(c8ccccc8)C7=O)ccc6c5)cc5ccccc5c3-4)ccc2c1. The number of carbonyl (C=O) groups excluding carboxylic acids is 2. The number of ether oxygens (including phenoxy) is 6. The van der Waals surface area contributed by atoms with E-state index in [0.717, 1.165) is 99.2 Å². The van der Waals surface area contributed by atoms with Crippen molar-refractivity contribution < 1.29 is 38.0 Å². The molecule has 0 aromatic heterocycles. The first-order chi connectivity index (χ1) is 39.5. The van der Waals surface area contributed by atoms with E-state index in [2.05, 4.69) is 121 Å². The Kier molecular flexibility index (Phi) is 14.5. The Balaban J connectivity index is 0.941.